The van der Waals surface area contributed by atoms with E-state index in [1.165, 1.54) is 16.8 Å². The van der Waals surface area contributed by atoms with E-state index in [4.69, 9.17) is 5.73 Å². The lowest BCUT2D eigenvalue weighted by Crippen LogP contribution is -1.97. The molecule has 0 aliphatic carbocycles. The molecular weight excluding hydrogens is 195 g/mol. The van der Waals surface area contributed by atoms with E-state index in [-0.39, 0.29) is 5.82 Å². The molecule has 2 rings (SSSR count). The maximum atomic E-state index is 13.1. The highest BCUT2D eigenvalue weighted by molar-refractivity contribution is 5.57. The molecule has 78 valence electrons. The molecule has 0 unspecified atom stereocenters. The van der Waals surface area contributed by atoms with Crippen molar-refractivity contribution < 1.29 is 4.39 Å². The summed E-state index contributed by atoms with van der Waals surface area (Å²) in [6.07, 6.45) is 0. The average Bonchev–Trinajstić information content (AvgIpc) is 2.45. The lowest BCUT2D eigenvalue weighted by Gasteiger charge is -1.98. The summed E-state index contributed by atoms with van der Waals surface area (Å²) in [4.78, 5) is 4.03. The molecule has 1 aromatic heterocycles. The van der Waals surface area contributed by atoms with Crippen LogP contribution in [0.5, 0.6) is 0 Å². The number of aryl methyl sites for hydroxylation is 2. The Hall–Kier alpha value is -1.91. The highest BCUT2D eigenvalue weighted by atomic mass is 19.1. The molecule has 0 aliphatic rings. The van der Waals surface area contributed by atoms with Gasteiger partial charge in [-0.1, -0.05) is 0 Å². The summed E-state index contributed by atoms with van der Waals surface area (Å²) >= 11 is 0. The van der Waals surface area contributed by atoms with Crippen molar-refractivity contribution in [1.29, 1.82) is 0 Å². The van der Waals surface area contributed by atoms with Gasteiger partial charge >= 0.3 is 0 Å². The Morgan fingerprint density at radius 1 is 1.33 bits per heavy atom. The number of hydrogen-bond acceptors (Lipinski definition) is 3. The van der Waals surface area contributed by atoms with Gasteiger partial charge in [-0.2, -0.15) is 4.98 Å². The van der Waals surface area contributed by atoms with Crippen molar-refractivity contribution in [1.82, 2.24) is 14.8 Å². The Bertz CT molecular complexity index is 464. The van der Waals surface area contributed by atoms with Crippen LogP contribution < -0.4 is 5.73 Å². The van der Waals surface area contributed by atoms with Crippen LogP contribution in [-0.4, -0.2) is 14.8 Å². The first-order valence-electron chi connectivity index (χ1n) is 4.50. The third-order valence-electron chi connectivity index (χ3n) is 2.10. The zero-order valence-electron chi connectivity index (χ0n) is 8.53. The summed E-state index contributed by atoms with van der Waals surface area (Å²) in [7, 11) is 1.69. The predicted molar refractivity (Wildman–Crippen MR) is 55.5 cm³/mol. The average molecular weight is 206 g/mol. The molecule has 4 nitrogen and oxygen atoms in total. The lowest BCUT2D eigenvalue weighted by atomic mass is 10.1. The molecule has 0 saturated carbocycles. The zero-order valence-corrected chi connectivity index (χ0v) is 8.53. The molecule has 15 heavy (non-hydrogen) atoms. The van der Waals surface area contributed by atoms with Gasteiger partial charge < -0.3 is 5.73 Å². The van der Waals surface area contributed by atoms with Crippen LogP contribution in [0.2, 0.25) is 0 Å². The van der Waals surface area contributed by atoms with E-state index < -0.39 is 0 Å². The minimum Gasteiger partial charge on any atom is -0.368 e. The number of hydrogen-bond donors (Lipinski definition) is 1. The number of benzene rings is 1. The lowest BCUT2D eigenvalue weighted by molar-refractivity contribution is 0.627. The quantitative estimate of drug-likeness (QED) is 0.769. The summed E-state index contributed by atoms with van der Waals surface area (Å²) in [5.41, 5.74) is 7.02. The minimum atomic E-state index is -0.295. The molecule has 0 amide bonds. The van der Waals surface area contributed by atoms with Gasteiger partial charge in [0.25, 0.3) is 0 Å². The third-order valence-corrected chi connectivity index (χ3v) is 2.10. The third kappa shape index (κ3) is 1.81. The van der Waals surface area contributed by atoms with Gasteiger partial charge in [0.1, 0.15) is 5.82 Å². The van der Waals surface area contributed by atoms with Gasteiger partial charge in [0.2, 0.25) is 5.95 Å². The second-order valence-electron chi connectivity index (χ2n) is 3.43. The van der Waals surface area contributed by atoms with Crippen LogP contribution in [0.3, 0.4) is 0 Å². The van der Waals surface area contributed by atoms with Gasteiger partial charge in [-0.25, -0.2) is 9.07 Å². The largest absolute Gasteiger partial charge is 0.368 e. The topological polar surface area (TPSA) is 56.7 Å². The summed E-state index contributed by atoms with van der Waals surface area (Å²) in [6, 6.07) is 4.66. The molecule has 1 aromatic carbocycles. The summed E-state index contributed by atoms with van der Waals surface area (Å²) in [5, 5.41) is 4.08. The molecule has 0 saturated heterocycles. The fourth-order valence-corrected chi connectivity index (χ4v) is 1.38. The highest BCUT2D eigenvalue weighted by Crippen LogP contribution is 2.19. The Balaban J connectivity index is 2.53. The minimum absolute atomic E-state index is 0.295. The zero-order chi connectivity index (χ0) is 11.0. The SMILES string of the molecule is Cc1cc(F)cc(-c2nc(N)n(C)n2)c1. The number of nitrogen functional groups attached to an aromatic ring is 1. The second-order valence-corrected chi connectivity index (χ2v) is 3.43. The van der Waals surface area contributed by atoms with E-state index in [0.29, 0.717) is 17.3 Å². The maximum Gasteiger partial charge on any atom is 0.218 e. The highest BCUT2D eigenvalue weighted by Gasteiger charge is 2.08. The molecule has 2 N–H and O–H groups in total. The molecule has 0 aliphatic heterocycles. The first-order valence-corrected chi connectivity index (χ1v) is 4.50. The van der Waals surface area contributed by atoms with Gasteiger partial charge in [-0.15, -0.1) is 5.10 Å². The standard InChI is InChI=1S/C10H11FN4/c1-6-3-7(5-8(11)4-6)9-13-10(12)15(2)14-9/h3-5H,1-2H3,(H2,12,13,14). The van der Waals surface area contributed by atoms with Gasteiger partial charge in [0, 0.05) is 12.6 Å². The number of aromatic nitrogens is 3. The smallest absolute Gasteiger partial charge is 0.218 e. The van der Waals surface area contributed by atoms with Gasteiger partial charge in [0.15, 0.2) is 5.82 Å². The molecule has 0 bridgehead atoms. The van der Waals surface area contributed by atoms with E-state index >= 15 is 0 Å². The number of rotatable bonds is 1. The van der Waals surface area contributed by atoms with Crippen LogP contribution >= 0.6 is 0 Å². The summed E-state index contributed by atoms with van der Waals surface area (Å²) < 4.78 is 14.6. The van der Waals surface area contributed by atoms with Gasteiger partial charge in [0.05, 0.1) is 0 Å². The predicted octanol–water partition coefficient (Wildman–Crippen LogP) is 1.51. The van der Waals surface area contributed by atoms with E-state index in [1.54, 1.807) is 7.05 Å². The van der Waals surface area contributed by atoms with Crippen LogP contribution in [0.1, 0.15) is 5.56 Å². The van der Waals surface area contributed by atoms with Crippen LogP contribution in [0, 0.1) is 12.7 Å². The Kier molecular flexibility index (Phi) is 2.15. The molecule has 2 aromatic rings. The molecule has 0 fully saturated rings. The Morgan fingerprint density at radius 2 is 2.07 bits per heavy atom. The normalized spacial score (nSPS) is 10.6. The van der Waals surface area contributed by atoms with Crippen molar-refractivity contribution in [3.8, 4) is 11.4 Å². The van der Waals surface area contributed by atoms with Crippen LogP contribution in [0.4, 0.5) is 10.3 Å². The van der Waals surface area contributed by atoms with Crippen LogP contribution in [0.25, 0.3) is 11.4 Å². The van der Waals surface area contributed by atoms with Crippen molar-refractivity contribution in [2.75, 3.05) is 5.73 Å². The van der Waals surface area contributed by atoms with Crippen molar-refractivity contribution in [3.63, 3.8) is 0 Å². The molecule has 0 atom stereocenters. The summed E-state index contributed by atoms with van der Waals surface area (Å²) in [6.45, 7) is 1.82. The molecular formula is C10H11FN4. The van der Waals surface area contributed by atoms with Crippen LogP contribution in [0.15, 0.2) is 18.2 Å². The van der Waals surface area contributed by atoms with E-state index in [0.717, 1.165) is 5.56 Å². The first-order chi connectivity index (χ1) is 7.06. The van der Waals surface area contributed by atoms with Crippen molar-refractivity contribution in [2.45, 2.75) is 6.92 Å². The maximum absolute atomic E-state index is 13.1. The van der Waals surface area contributed by atoms with Crippen molar-refractivity contribution in [3.05, 3.63) is 29.6 Å². The van der Waals surface area contributed by atoms with Gasteiger partial charge in [-0.3, -0.25) is 0 Å². The van der Waals surface area contributed by atoms with E-state index in [2.05, 4.69) is 10.1 Å². The summed E-state index contributed by atoms with van der Waals surface area (Å²) in [5.74, 6) is 0.459. The Labute approximate surface area is 86.6 Å². The molecule has 0 radical (unpaired) electrons. The van der Waals surface area contributed by atoms with Crippen LogP contribution in [-0.2, 0) is 7.05 Å². The number of anilines is 1. The molecule has 1 heterocycles. The first kappa shape index (κ1) is 9.64. The monoisotopic (exact) mass is 206 g/mol. The van der Waals surface area contributed by atoms with E-state index in [1.807, 2.05) is 13.0 Å². The number of nitrogens with two attached hydrogens (primary N) is 1. The van der Waals surface area contributed by atoms with Crippen molar-refractivity contribution in [2.24, 2.45) is 7.05 Å². The second kappa shape index (κ2) is 3.34. The fourth-order valence-electron chi connectivity index (χ4n) is 1.38. The fraction of sp³-hybridized carbons (Fsp3) is 0.200. The molecule has 0 spiro atoms. The van der Waals surface area contributed by atoms with Crippen molar-refractivity contribution >= 4 is 5.95 Å². The number of halogens is 1. The Morgan fingerprint density at radius 3 is 2.60 bits per heavy atom. The molecule has 5 heteroatoms. The number of nitrogens with zero attached hydrogens (tertiary/aromatic N) is 3. The van der Waals surface area contributed by atoms with E-state index in [9.17, 15) is 4.39 Å². The van der Waals surface area contributed by atoms with Gasteiger partial charge in [-0.05, 0) is 30.7 Å².